The van der Waals surface area contributed by atoms with Gasteiger partial charge in [-0.2, -0.15) is 0 Å². The maximum atomic E-state index is 11.5. The van der Waals surface area contributed by atoms with Crippen molar-refractivity contribution in [3.8, 4) is 23.0 Å². The number of nitrogens with zero attached hydrogens (tertiary/aromatic N) is 1. The first-order valence-electron chi connectivity index (χ1n) is 8.04. The van der Waals surface area contributed by atoms with Gasteiger partial charge >= 0.3 is 0 Å². The molecule has 6 nitrogen and oxygen atoms in total. The largest absolute Gasteiger partial charge is 0.504 e. The molecule has 2 aromatic rings. The molecule has 0 saturated carbocycles. The molecule has 1 heterocycles. The second kappa shape index (κ2) is 6.93. The molecule has 6 heteroatoms. The third kappa shape index (κ3) is 3.20. The molecule has 1 aliphatic rings. The molecule has 0 aromatic heterocycles. The van der Waals surface area contributed by atoms with Gasteiger partial charge in [-0.05, 0) is 53.8 Å². The van der Waals surface area contributed by atoms with Gasteiger partial charge in [0.2, 0.25) is 6.41 Å². The van der Waals surface area contributed by atoms with Crippen LogP contribution in [0.3, 0.4) is 0 Å². The summed E-state index contributed by atoms with van der Waals surface area (Å²) < 4.78 is 10.3. The van der Waals surface area contributed by atoms with E-state index in [-0.39, 0.29) is 17.5 Å². The first-order valence-corrected chi connectivity index (χ1v) is 8.04. The maximum Gasteiger partial charge on any atom is 0.210 e. The van der Waals surface area contributed by atoms with E-state index in [1.54, 1.807) is 29.2 Å². The molecule has 0 saturated heterocycles. The van der Waals surface area contributed by atoms with Crippen LogP contribution in [0.15, 0.2) is 30.3 Å². The summed E-state index contributed by atoms with van der Waals surface area (Å²) in [6.45, 7) is 0.602. The van der Waals surface area contributed by atoms with Crippen LogP contribution in [-0.4, -0.2) is 42.3 Å². The Morgan fingerprint density at radius 1 is 1.12 bits per heavy atom. The molecule has 25 heavy (non-hydrogen) atoms. The van der Waals surface area contributed by atoms with Crippen LogP contribution < -0.4 is 9.47 Å². The van der Waals surface area contributed by atoms with E-state index >= 15 is 0 Å². The minimum absolute atomic E-state index is 0.0577. The van der Waals surface area contributed by atoms with E-state index < -0.39 is 0 Å². The van der Waals surface area contributed by atoms with Gasteiger partial charge < -0.3 is 24.6 Å². The predicted molar refractivity (Wildman–Crippen MR) is 92.2 cm³/mol. The number of benzene rings is 2. The Morgan fingerprint density at radius 3 is 2.52 bits per heavy atom. The number of fused-ring (bicyclic) bond motifs is 1. The zero-order valence-corrected chi connectivity index (χ0v) is 14.2. The molecule has 0 radical (unpaired) electrons. The van der Waals surface area contributed by atoms with Crippen LogP contribution in [0.4, 0.5) is 0 Å². The molecule has 1 aliphatic heterocycles. The molecule has 0 bridgehead atoms. The average Bonchev–Trinajstić information content (AvgIpc) is 2.63. The van der Waals surface area contributed by atoms with Crippen molar-refractivity contribution < 1.29 is 24.5 Å². The first-order chi connectivity index (χ1) is 12.1. The van der Waals surface area contributed by atoms with Gasteiger partial charge in [-0.15, -0.1) is 0 Å². The summed E-state index contributed by atoms with van der Waals surface area (Å²) in [6.07, 6.45) is 2.10. The van der Waals surface area contributed by atoms with Crippen molar-refractivity contribution in [1.82, 2.24) is 4.90 Å². The van der Waals surface area contributed by atoms with Gasteiger partial charge in [-0.3, -0.25) is 4.79 Å². The Kier molecular flexibility index (Phi) is 4.70. The zero-order valence-electron chi connectivity index (χ0n) is 14.2. The van der Waals surface area contributed by atoms with E-state index in [4.69, 9.17) is 9.47 Å². The van der Waals surface area contributed by atoms with Gasteiger partial charge in [0.25, 0.3) is 0 Å². The standard InChI is InChI=1S/C19H21NO5/c1-24-18-8-12(3-4-16(18)22)7-15-14-10-17(23)19(25-2)9-13(14)5-6-20(15)11-21/h3-4,8-11,15,22-23H,5-7H2,1-2H3. The van der Waals surface area contributed by atoms with E-state index in [1.165, 1.54) is 14.2 Å². The van der Waals surface area contributed by atoms with Crippen LogP contribution in [0.5, 0.6) is 23.0 Å². The zero-order chi connectivity index (χ0) is 18.0. The molecule has 2 aromatic carbocycles. The van der Waals surface area contributed by atoms with Crippen LogP contribution >= 0.6 is 0 Å². The van der Waals surface area contributed by atoms with Crippen molar-refractivity contribution in [2.45, 2.75) is 18.9 Å². The van der Waals surface area contributed by atoms with Crippen molar-refractivity contribution in [2.75, 3.05) is 20.8 Å². The van der Waals surface area contributed by atoms with Crippen molar-refractivity contribution in [2.24, 2.45) is 0 Å². The maximum absolute atomic E-state index is 11.5. The highest BCUT2D eigenvalue weighted by molar-refractivity contribution is 5.55. The van der Waals surface area contributed by atoms with Crippen molar-refractivity contribution in [3.63, 3.8) is 0 Å². The second-order valence-electron chi connectivity index (χ2n) is 6.04. The number of hydrogen-bond donors (Lipinski definition) is 2. The molecule has 0 spiro atoms. The van der Waals surface area contributed by atoms with Gasteiger partial charge in [0.05, 0.1) is 20.3 Å². The fourth-order valence-corrected chi connectivity index (χ4v) is 3.33. The molecule has 0 aliphatic carbocycles. The van der Waals surface area contributed by atoms with Gasteiger partial charge in [0.1, 0.15) is 0 Å². The lowest BCUT2D eigenvalue weighted by Gasteiger charge is -2.35. The van der Waals surface area contributed by atoms with E-state index in [9.17, 15) is 15.0 Å². The number of rotatable bonds is 5. The van der Waals surface area contributed by atoms with E-state index in [2.05, 4.69) is 0 Å². The molecule has 1 amide bonds. The van der Waals surface area contributed by atoms with Crippen molar-refractivity contribution in [1.29, 1.82) is 0 Å². The van der Waals surface area contributed by atoms with Gasteiger partial charge in [-0.1, -0.05) is 6.07 Å². The highest BCUT2D eigenvalue weighted by Crippen LogP contribution is 2.39. The molecule has 132 valence electrons. The van der Waals surface area contributed by atoms with Gasteiger partial charge in [-0.25, -0.2) is 0 Å². The first kappa shape index (κ1) is 17.0. The number of phenols is 2. The Labute approximate surface area is 146 Å². The molecular formula is C19H21NO5. The number of methoxy groups -OCH3 is 2. The Bertz CT molecular complexity index is 790. The van der Waals surface area contributed by atoms with Crippen LogP contribution in [0, 0.1) is 0 Å². The number of amides is 1. The van der Waals surface area contributed by atoms with E-state index in [0.717, 1.165) is 23.1 Å². The number of phenolic OH excluding ortho intramolecular Hbond substituents is 2. The summed E-state index contributed by atoms with van der Waals surface area (Å²) in [7, 11) is 3.01. The minimum atomic E-state index is -0.202. The lowest BCUT2D eigenvalue weighted by Crippen LogP contribution is -2.35. The number of carbonyl (C=O) groups excluding carboxylic acids is 1. The van der Waals surface area contributed by atoms with Crippen LogP contribution in [0.1, 0.15) is 22.7 Å². The van der Waals surface area contributed by atoms with E-state index in [1.807, 2.05) is 6.07 Å². The molecular weight excluding hydrogens is 322 g/mol. The number of hydrogen-bond acceptors (Lipinski definition) is 5. The van der Waals surface area contributed by atoms with Crippen molar-refractivity contribution >= 4 is 6.41 Å². The number of aromatic hydroxyl groups is 2. The average molecular weight is 343 g/mol. The lowest BCUT2D eigenvalue weighted by molar-refractivity contribution is -0.120. The molecule has 0 fully saturated rings. The normalized spacial score (nSPS) is 16.2. The summed E-state index contributed by atoms with van der Waals surface area (Å²) in [4.78, 5) is 13.3. The second-order valence-corrected chi connectivity index (χ2v) is 6.04. The highest BCUT2D eigenvalue weighted by atomic mass is 16.5. The SMILES string of the molecule is COc1cc(CC2c3cc(O)c(OC)cc3CCN2C=O)ccc1O. The highest BCUT2D eigenvalue weighted by Gasteiger charge is 2.28. The fraction of sp³-hybridized carbons (Fsp3) is 0.316. The number of ether oxygens (including phenoxy) is 2. The van der Waals surface area contributed by atoms with Crippen molar-refractivity contribution in [3.05, 3.63) is 47.0 Å². The monoisotopic (exact) mass is 343 g/mol. The summed E-state index contributed by atoms with van der Waals surface area (Å²) in [5.41, 5.74) is 2.89. The van der Waals surface area contributed by atoms with Crippen LogP contribution in [-0.2, 0) is 17.6 Å². The molecule has 1 atom stereocenters. The topological polar surface area (TPSA) is 79.2 Å². The van der Waals surface area contributed by atoms with E-state index in [0.29, 0.717) is 30.9 Å². The number of carbonyl (C=O) groups is 1. The fourth-order valence-electron chi connectivity index (χ4n) is 3.33. The summed E-state index contributed by atoms with van der Waals surface area (Å²) in [6, 6.07) is 8.44. The van der Waals surface area contributed by atoms with Crippen LogP contribution in [0.2, 0.25) is 0 Å². The molecule has 2 N–H and O–H groups in total. The summed E-state index contributed by atoms with van der Waals surface area (Å²) in [5.74, 6) is 0.958. The Hall–Kier alpha value is -2.89. The minimum Gasteiger partial charge on any atom is -0.504 e. The lowest BCUT2D eigenvalue weighted by atomic mass is 9.88. The smallest absolute Gasteiger partial charge is 0.210 e. The molecule has 3 rings (SSSR count). The predicted octanol–water partition coefficient (Wildman–Crippen LogP) is 2.41. The quantitative estimate of drug-likeness (QED) is 0.815. The molecule has 1 unspecified atom stereocenters. The third-order valence-corrected chi connectivity index (χ3v) is 4.65. The Morgan fingerprint density at radius 2 is 1.84 bits per heavy atom. The Balaban J connectivity index is 1.99. The van der Waals surface area contributed by atoms with Gasteiger partial charge in [0, 0.05) is 6.54 Å². The van der Waals surface area contributed by atoms with Crippen LogP contribution in [0.25, 0.3) is 0 Å². The summed E-state index contributed by atoms with van der Waals surface area (Å²) >= 11 is 0. The summed E-state index contributed by atoms with van der Waals surface area (Å²) in [5, 5.41) is 19.9. The van der Waals surface area contributed by atoms with Gasteiger partial charge in [0.15, 0.2) is 23.0 Å². The third-order valence-electron chi connectivity index (χ3n) is 4.65.